The summed E-state index contributed by atoms with van der Waals surface area (Å²) in [4.78, 5) is 0. The van der Waals surface area contributed by atoms with Crippen molar-refractivity contribution in [3.05, 3.63) is 0 Å². The van der Waals surface area contributed by atoms with Crippen LogP contribution < -0.4 is 0 Å². The van der Waals surface area contributed by atoms with Crippen LogP contribution in [0.3, 0.4) is 0 Å². The van der Waals surface area contributed by atoms with Crippen molar-refractivity contribution in [2.45, 2.75) is 45.7 Å². The van der Waals surface area contributed by atoms with Crippen molar-refractivity contribution in [2.75, 3.05) is 26.4 Å². The SMILES string of the molecule is CC1(C)OCCCO1.CC1(C)OCCO1. The van der Waals surface area contributed by atoms with Gasteiger partial charge in [0.25, 0.3) is 0 Å². The van der Waals surface area contributed by atoms with Gasteiger partial charge in [-0.25, -0.2) is 0 Å². The number of rotatable bonds is 0. The smallest absolute Gasteiger partial charge is 0.162 e. The summed E-state index contributed by atoms with van der Waals surface area (Å²) < 4.78 is 20.7. The molecule has 0 spiro atoms. The zero-order valence-corrected chi connectivity index (χ0v) is 10.2. The van der Waals surface area contributed by atoms with Crippen LogP contribution in [0.2, 0.25) is 0 Å². The number of hydrogen-bond acceptors (Lipinski definition) is 4. The predicted octanol–water partition coefficient (Wildman–Crippen LogP) is 1.93. The number of hydrogen-bond donors (Lipinski definition) is 0. The molecule has 0 N–H and O–H groups in total. The number of ether oxygens (including phenoxy) is 4. The van der Waals surface area contributed by atoms with Crippen molar-refractivity contribution in [3.8, 4) is 0 Å². The molecule has 2 heterocycles. The van der Waals surface area contributed by atoms with Gasteiger partial charge in [-0.3, -0.25) is 0 Å². The van der Waals surface area contributed by atoms with Crippen LogP contribution in [0, 0.1) is 0 Å². The minimum atomic E-state index is -0.321. The predicted molar refractivity (Wildman–Crippen MR) is 56.6 cm³/mol. The summed E-state index contributed by atoms with van der Waals surface area (Å²) in [6, 6.07) is 0. The van der Waals surface area contributed by atoms with E-state index in [4.69, 9.17) is 18.9 Å². The summed E-state index contributed by atoms with van der Waals surface area (Å²) >= 11 is 0. The molecule has 4 nitrogen and oxygen atoms in total. The molecule has 0 aliphatic carbocycles. The summed E-state index contributed by atoms with van der Waals surface area (Å²) in [5.74, 6) is -0.627. The highest BCUT2D eigenvalue weighted by molar-refractivity contribution is 4.58. The van der Waals surface area contributed by atoms with Gasteiger partial charge in [-0.1, -0.05) is 0 Å². The van der Waals surface area contributed by atoms with Crippen LogP contribution in [-0.2, 0) is 18.9 Å². The van der Waals surface area contributed by atoms with Gasteiger partial charge in [0.2, 0.25) is 0 Å². The highest BCUT2D eigenvalue weighted by Gasteiger charge is 2.23. The Morgan fingerprint density at radius 3 is 1.13 bits per heavy atom. The van der Waals surface area contributed by atoms with Crippen LogP contribution in [0.15, 0.2) is 0 Å². The van der Waals surface area contributed by atoms with Gasteiger partial charge in [-0.05, 0) is 34.1 Å². The van der Waals surface area contributed by atoms with Gasteiger partial charge in [0, 0.05) is 0 Å². The normalized spacial score (nSPS) is 28.0. The maximum absolute atomic E-state index is 5.24. The fourth-order valence-electron chi connectivity index (χ4n) is 1.35. The second-order valence-corrected chi connectivity index (χ2v) is 4.55. The molecular formula is C11H22O4. The first kappa shape index (κ1) is 12.9. The lowest BCUT2D eigenvalue weighted by Crippen LogP contribution is -2.33. The minimum Gasteiger partial charge on any atom is -0.350 e. The van der Waals surface area contributed by atoms with Gasteiger partial charge in [0.15, 0.2) is 11.6 Å². The third-order valence-corrected chi connectivity index (χ3v) is 2.17. The summed E-state index contributed by atoms with van der Waals surface area (Å²) in [6.45, 7) is 10.9. The van der Waals surface area contributed by atoms with E-state index < -0.39 is 0 Å². The van der Waals surface area contributed by atoms with Gasteiger partial charge < -0.3 is 18.9 Å². The lowest BCUT2D eigenvalue weighted by molar-refractivity contribution is -0.244. The first-order valence-corrected chi connectivity index (χ1v) is 5.47. The van der Waals surface area contributed by atoms with Crippen molar-refractivity contribution in [2.24, 2.45) is 0 Å². The molecule has 2 aliphatic rings. The van der Waals surface area contributed by atoms with Crippen molar-refractivity contribution >= 4 is 0 Å². The first-order chi connectivity index (χ1) is 6.91. The summed E-state index contributed by atoms with van der Waals surface area (Å²) in [7, 11) is 0. The van der Waals surface area contributed by atoms with Crippen molar-refractivity contribution in [1.29, 1.82) is 0 Å². The monoisotopic (exact) mass is 218 g/mol. The Hall–Kier alpha value is -0.160. The fourth-order valence-corrected chi connectivity index (χ4v) is 1.35. The molecule has 2 saturated heterocycles. The van der Waals surface area contributed by atoms with Gasteiger partial charge in [0.05, 0.1) is 26.4 Å². The minimum absolute atomic E-state index is 0.306. The molecule has 2 aliphatic heterocycles. The van der Waals surface area contributed by atoms with Crippen LogP contribution >= 0.6 is 0 Å². The highest BCUT2D eigenvalue weighted by atomic mass is 16.7. The van der Waals surface area contributed by atoms with Crippen LogP contribution in [0.25, 0.3) is 0 Å². The van der Waals surface area contributed by atoms with E-state index in [9.17, 15) is 0 Å². The quantitative estimate of drug-likeness (QED) is 0.622. The third-order valence-electron chi connectivity index (χ3n) is 2.17. The maximum atomic E-state index is 5.24. The van der Waals surface area contributed by atoms with E-state index in [-0.39, 0.29) is 11.6 Å². The van der Waals surface area contributed by atoms with E-state index in [2.05, 4.69) is 0 Å². The Balaban J connectivity index is 0.000000151. The summed E-state index contributed by atoms with van der Waals surface area (Å²) in [5.41, 5.74) is 0. The van der Waals surface area contributed by atoms with Crippen LogP contribution in [0.1, 0.15) is 34.1 Å². The largest absolute Gasteiger partial charge is 0.350 e. The average Bonchev–Trinajstić information content (AvgIpc) is 2.51. The molecule has 0 aromatic carbocycles. The highest BCUT2D eigenvalue weighted by Crippen LogP contribution is 2.16. The van der Waals surface area contributed by atoms with E-state index in [1.54, 1.807) is 0 Å². The Morgan fingerprint density at radius 1 is 0.600 bits per heavy atom. The molecule has 15 heavy (non-hydrogen) atoms. The van der Waals surface area contributed by atoms with Crippen LogP contribution in [0.5, 0.6) is 0 Å². The van der Waals surface area contributed by atoms with Crippen LogP contribution in [-0.4, -0.2) is 38.0 Å². The van der Waals surface area contributed by atoms with Crippen LogP contribution in [0.4, 0.5) is 0 Å². The molecule has 0 radical (unpaired) electrons. The zero-order valence-electron chi connectivity index (χ0n) is 10.2. The second kappa shape index (κ2) is 5.25. The molecule has 2 fully saturated rings. The third kappa shape index (κ3) is 5.47. The molecule has 90 valence electrons. The Kier molecular flexibility index (Phi) is 4.52. The molecule has 0 saturated carbocycles. The van der Waals surface area contributed by atoms with E-state index in [0.717, 1.165) is 32.8 Å². The van der Waals surface area contributed by atoms with E-state index in [1.165, 1.54) is 0 Å². The Bertz CT molecular complexity index is 173. The van der Waals surface area contributed by atoms with E-state index >= 15 is 0 Å². The molecule has 0 amide bonds. The molecular weight excluding hydrogens is 196 g/mol. The Morgan fingerprint density at radius 2 is 0.933 bits per heavy atom. The standard InChI is InChI=1S/C6H12O2.C5H10O2/c1-6(2)7-4-3-5-8-6;1-5(2)6-3-4-7-5/h3-5H2,1-2H3;3-4H2,1-2H3. The fraction of sp³-hybridized carbons (Fsp3) is 1.00. The molecule has 2 rings (SSSR count). The topological polar surface area (TPSA) is 36.9 Å². The molecule has 0 unspecified atom stereocenters. The van der Waals surface area contributed by atoms with Crippen molar-refractivity contribution in [1.82, 2.24) is 0 Å². The molecule has 0 atom stereocenters. The van der Waals surface area contributed by atoms with Gasteiger partial charge >= 0.3 is 0 Å². The molecule has 0 aromatic heterocycles. The van der Waals surface area contributed by atoms with Gasteiger partial charge in [0.1, 0.15) is 0 Å². The maximum Gasteiger partial charge on any atom is 0.162 e. The average molecular weight is 218 g/mol. The summed E-state index contributed by atoms with van der Waals surface area (Å²) in [5, 5.41) is 0. The lowest BCUT2D eigenvalue weighted by atomic mass is 10.3. The van der Waals surface area contributed by atoms with Gasteiger partial charge in [-0.2, -0.15) is 0 Å². The first-order valence-electron chi connectivity index (χ1n) is 5.47. The Labute approximate surface area is 91.8 Å². The van der Waals surface area contributed by atoms with Crippen molar-refractivity contribution < 1.29 is 18.9 Å². The van der Waals surface area contributed by atoms with E-state index in [1.807, 2.05) is 27.7 Å². The summed E-state index contributed by atoms with van der Waals surface area (Å²) in [6.07, 6.45) is 1.03. The molecule has 0 bridgehead atoms. The van der Waals surface area contributed by atoms with E-state index in [0.29, 0.717) is 0 Å². The van der Waals surface area contributed by atoms with Crippen molar-refractivity contribution in [3.63, 3.8) is 0 Å². The lowest BCUT2D eigenvalue weighted by Gasteiger charge is -2.29. The molecule has 4 heteroatoms. The van der Waals surface area contributed by atoms with Gasteiger partial charge in [-0.15, -0.1) is 0 Å². The molecule has 0 aromatic rings. The zero-order chi connectivity index (χ0) is 11.4. The second-order valence-electron chi connectivity index (χ2n) is 4.55.